The predicted octanol–water partition coefficient (Wildman–Crippen LogP) is 2.59. The maximum Gasteiger partial charge on any atom is 0.414 e. The van der Waals surface area contributed by atoms with Gasteiger partial charge in [-0.25, -0.2) is 18.4 Å². The molecule has 0 radical (unpaired) electrons. The van der Waals surface area contributed by atoms with E-state index in [1.54, 1.807) is 16.7 Å². The zero-order valence-electron chi connectivity index (χ0n) is 14.9. The van der Waals surface area contributed by atoms with E-state index >= 15 is 0 Å². The lowest BCUT2D eigenvalue weighted by Crippen LogP contribution is -2.30. The first kappa shape index (κ1) is 19.5. The topological polar surface area (TPSA) is 71.1 Å². The van der Waals surface area contributed by atoms with Gasteiger partial charge in [-0.2, -0.15) is 11.8 Å². The highest BCUT2D eigenvalue weighted by Crippen LogP contribution is 2.32. The molecule has 2 aliphatic rings. The molecular formula is C17H21F2N3O4S. The Kier molecular flexibility index (Phi) is 6.25. The summed E-state index contributed by atoms with van der Waals surface area (Å²) in [6, 6.07) is 2.28. The number of benzene rings is 1. The molecule has 2 aliphatic heterocycles. The molecule has 10 heteroatoms. The second-order valence-corrected chi connectivity index (χ2v) is 7.40. The molecule has 0 spiro atoms. The van der Waals surface area contributed by atoms with Crippen molar-refractivity contribution in [3.8, 4) is 0 Å². The number of thioether (sulfide) groups is 1. The molecule has 2 fully saturated rings. The fraction of sp³-hybridized carbons (Fsp3) is 0.529. The summed E-state index contributed by atoms with van der Waals surface area (Å²) in [5, 5.41) is 2.28. The SMILES string of the molecule is CNC(=O)OC[C@@H]1CN(c2cc(F)c(N3CCCSCC3)c(F)c2)C(=O)O1. The largest absolute Gasteiger partial charge is 0.446 e. The number of nitrogens with one attached hydrogen (secondary N) is 1. The number of carbonyl (C=O) groups is 2. The third-order valence-electron chi connectivity index (χ3n) is 4.33. The maximum atomic E-state index is 14.7. The molecule has 0 unspecified atom stereocenters. The van der Waals surface area contributed by atoms with Crippen LogP contribution in [-0.4, -0.2) is 63.1 Å². The summed E-state index contributed by atoms with van der Waals surface area (Å²) in [6.07, 6.45) is -1.24. The van der Waals surface area contributed by atoms with E-state index in [-0.39, 0.29) is 24.5 Å². The Labute approximate surface area is 160 Å². The van der Waals surface area contributed by atoms with E-state index in [1.807, 2.05) is 0 Å². The number of ether oxygens (including phenoxy) is 2. The summed E-state index contributed by atoms with van der Waals surface area (Å²) in [5.41, 5.74) is 0.0127. The van der Waals surface area contributed by atoms with Gasteiger partial charge in [-0.1, -0.05) is 0 Å². The summed E-state index contributed by atoms with van der Waals surface area (Å²) in [4.78, 5) is 26.0. The van der Waals surface area contributed by atoms with Gasteiger partial charge in [0.2, 0.25) is 0 Å². The number of hydrogen-bond acceptors (Lipinski definition) is 6. The van der Waals surface area contributed by atoms with Crippen LogP contribution in [0.5, 0.6) is 0 Å². The van der Waals surface area contributed by atoms with Gasteiger partial charge in [-0.15, -0.1) is 0 Å². The van der Waals surface area contributed by atoms with Crippen LogP contribution in [-0.2, 0) is 9.47 Å². The predicted molar refractivity (Wildman–Crippen MR) is 98.5 cm³/mol. The fourth-order valence-electron chi connectivity index (χ4n) is 3.04. The molecule has 148 valence electrons. The molecule has 2 heterocycles. The van der Waals surface area contributed by atoms with E-state index in [0.717, 1.165) is 35.0 Å². The van der Waals surface area contributed by atoms with Gasteiger partial charge in [0.1, 0.15) is 12.3 Å². The minimum Gasteiger partial charge on any atom is -0.446 e. The van der Waals surface area contributed by atoms with E-state index in [9.17, 15) is 18.4 Å². The molecule has 0 saturated carbocycles. The number of hydrogen-bond donors (Lipinski definition) is 1. The van der Waals surface area contributed by atoms with Gasteiger partial charge in [0, 0.05) is 38.0 Å². The molecule has 0 aliphatic carbocycles. The van der Waals surface area contributed by atoms with Crippen LogP contribution in [0.2, 0.25) is 0 Å². The van der Waals surface area contributed by atoms with E-state index in [0.29, 0.717) is 13.1 Å². The Morgan fingerprint density at radius 3 is 2.78 bits per heavy atom. The van der Waals surface area contributed by atoms with Gasteiger partial charge < -0.3 is 19.7 Å². The normalized spacial score (nSPS) is 20.3. The van der Waals surface area contributed by atoms with Crippen LogP contribution >= 0.6 is 11.8 Å². The zero-order valence-corrected chi connectivity index (χ0v) is 15.7. The van der Waals surface area contributed by atoms with Crippen molar-refractivity contribution in [1.82, 2.24) is 5.32 Å². The smallest absolute Gasteiger partial charge is 0.414 e. The van der Waals surface area contributed by atoms with Crippen molar-refractivity contribution < 1.29 is 27.8 Å². The van der Waals surface area contributed by atoms with Gasteiger partial charge in [0.15, 0.2) is 17.7 Å². The van der Waals surface area contributed by atoms with Gasteiger partial charge >= 0.3 is 12.2 Å². The van der Waals surface area contributed by atoms with Crippen LogP contribution in [0.15, 0.2) is 12.1 Å². The Morgan fingerprint density at radius 2 is 2.07 bits per heavy atom. The Bertz CT molecular complexity index is 690. The maximum absolute atomic E-state index is 14.7. The van der Waals surface area contributed by atoms with Gasteiger partial charge in [0.25, 0.3) is 0 Å². The molecule has 0 aromatic heterocycles. The van der Waals surface area contributed by atoms with Crippen molar-refractivity contribution in [3.63, 3.8) is 0 Å². The number of anilines is 2. The van der Waals surface area contributed by atoms with Crippen molar-refractivity contribution in [3.05, 3.63) is 23.8 Å². The number of amides is 2. The van der Waals surface area contributed by atoms with Crippen LogP contribution in [0, 0.1) is 11.6 Å². The minimum atomic E-state index is -0.738. The number of carbonyl (C=O) groups excluding carboxylic acids is 2. The molecule has 7 nitrogen and oxygen atoms in total. The quantitative estimate of drug-likeness (QED) is 0.836. The summed E-state index contributed by atoms with van der Waals surface area (Å²) in [5.74, 6) is 0.354. The minimum absolute atomic E-state index is 0.0361. The number of cyclic esters (lactones) is 1. The highest BCUT2D eigenvalue weighted by Gasteiger charge is 2.34. The second-order valence-electron chi connectivity index (χ2n) is 6.18. The monoisotopic (exact) mass is 401 g/mol. The Morgan fingerprint density at radius 1 is 1.33 bits per heavy atom. The average molecular weight is 401 g/mol. The molecule has 1 atom stereocenters. The number of rotatable bonds is 4. The average Bonchev–Trinajstić information content (AvgIpc) is 2.82. The summed E-state index contributed by atoms with van der Waals surface area (Å²) < 4.78 is 39.3. The first-order chi connectivity index (χ1) is 13.0. The molecule has 1 aromatic carbocycles. The molecule has 1 aromatic rings. The van der Waals surface area contributed by atoms with Crippen molar-refractivity contribution in [2.45, 2.75) is 12.5 Å². The van der Waals surface area contributed by atoms with Crippen LogP contribution in [0.1, 0.15) is 6.42 Å². The zero-order chi connectivity index (χ0) is 19.4. The van der Waals surface area contributed by atoms with Crippen molar-refractivity contribution in [2.24, 2.45) is 0 Å². The highest BCUT2D eigenvalue weighted by molar-refractivity contribution is 7.99. The van der Waals surface area contributed by atoms with Gasteiger partial charge in [-0.3, -0.25) is 4.90 Å². The Balaban J connectivity index is 1.73. The van der Waals surface area contributed by atoms with Gasteiger partial charge in [-0.05, 0) is 12.2 Å². The first-order valence-electron chi connectivity index (χ1n) is 8.64. The fourth-order valence-corrected chi connectivity index (χ4v) is 3.93. The van der Waals surface area contributed by atoms with E-state index in [1.165, 1.54) is 7.05 Å². The summed E-state index contributed by atoms with van der Waals surface area (Å²) in [7, 11) is 1.41. The molecular weight excluding hydrogens is 380 g/mol. The van der Waals surface area contributed by atoms with Crippen LogP contribution in [0.3, 0.4) is 0 Å². The van der Waals surface area contributed by atoms with Crippen LogP contribution in [0.25, 0.3) is 0 Å². The number of nitrogens with zero attached hydrogens (tertiary/aromatic N) is 2. The molecule has 1 N–H and O–H groups in total. The molecule has 27 heavy (non-hydrogen) atoms. The van der Waals surface area contributed by atoms with Crippen molar-refractivity contribution >= 4 is 35.3 Å². The van der Waals surface area contributed by atoms with Crippen LogP contribution in [0.4, 0.5) is 29.7 Å². The molecule has 0 bridgehead atoms. The third-order valence-corrected chi connectivity index (χ3v) is 5.38. The van der Waals surface area contributed by atoms with Crippen molar-refractivity contribution in [2.75, 3.05) is 54.6 Å². The molecule has 2 amide bonds. The van der Waals surface area contributed by atoms with E-state index < -0.39 is 29.9 Å². The molecule has 3 rings (SSSR count). The summed E-state index contributed by atoms with van der Waals surface area (Å²) in [6.45, 7) is 1.05. The Hall–Kier alpha value is -2.23. The van der Waals surface area contributed by atoms with Gasteiger partial charge in [0.05, 0.1) is 12.2 Å². The van der Waals surface area contributed by atoms with E-state index in [2.05, 4.69) is 5.32 Å². The van der Waals surface area contributed by atoms with Crippen molar-refractivity contribution in [1.29, 1.82) is 0 Å². The third kappa shape index (κ3) is 4.55. The summed E-state index contributed by atoms with van der Waals surface area (Å²) >= 11 is 1.76. The number of alkyl carbamates (subject to hydrolysis) is 1. The highest BCUT2D eigenvalue weighted by atomic mass is 32.2. The molecule has 2 saturated heterocycles. The van der Waals surface area contributed by atoms with E-state index in [4.69, 9.17) is 9.47 Å². The standard InChI is InChI=1S/C17H21F2N3O4S/c1-20-16(23)25-10-12-9-22(17(24)26-12)11-7-13(18)15(14(19)8-11)21-3-2-5-27-6-4-21/h7-8,12H,2-6,9-10H2,1H3,(H,20,23)/t12-/m0/s1. The lowest BCUT2D eigenvalue weighted by Gasteiger charge is -2.24. The van der Waals surface area contributed by atoms with Crippen LogP contribution < -0.4 is 15.1 Å². The number of halogens is 2. The lowest BCUT2D eigenvalue weighted by molar-refractivity contribution is 0.0745. The first-order valence-corrected chi connectivity index (χ1v) is 9.79. The second kappa shape index (κ2) is 8.64. The lowest BCUT2D eigenvalue weighted by atomic mass is 10.2.